The maximum atomic E-state index is 2.22. The zero-order chi connectivity index (χ0) is 3.41. The first-order valence-electron chi connectivity index (χ1n) is 1.91. The lowest BCUT2D eigenvalue weighted by Crippen LogP contribution is -1.55. The molecule has 0 fully saturated rings. The molecule has 0 atom stereocenters. The Hall–Kier alpha value is 0.507. The van der Waals surface area contributed by atoms with E-state index in [1.807, 2.05) is 0 Å². The molecule has 0 aromatic rings. The van der Waals surface area contributed by atoms with E-state index in [-0.39, 0.29) is 12.4 Å². The van der Waals surface area contributed by atoms with E-state index in [0.29, 0.717) is 0 Å². The third-order valence-corrected chi connectivity index (χ3v) is 1.50. The third-order valence-electron chi connectivity index (χ3n) is 0.500. The van der Waals surface area contributed by atoms with Crippen LogP contribution in [0.25, 0.3) is 0 Å². The zero-order valence-electron chi connectivity index (χ0n) is 3.82. The summed E-state index contributed by atoms with van der Waals surface area (Å²) in [5, 5.41) is 0. The highest BCUT2D eigenvalue weighted by atomic mass is 35.5. The summed E-state index contributed by atoms with van der Waals surface area (Å²) >= 11 is 0. The minimum Gasteiger partial charge on any atom is -0.147 e. The SMILES string of the molecule is CCC[SiH3].Cl. The van der Waals surface area contributed by atoms with E-state index in [2.05, 4.69) is 6.92 Å². The van der Waals surface area contributed by atoms with E-state index >= 15 is 0 Å². The molecular formula is C3H11ClSi. The molecule has 2 heteroatoms. The fraction of sp³-hybridized carbons (Fsp3) is 1.00. The van der Waals surface area contributed by atoms with Crippen LogP contribution in [0.15, 0.2) is 0 Å². The lowest BCUT2D eigenvalue weighted by Gasteiger charge is -1.67. The van der Waals surface area contributed by atoms with Gasteiger partial charge in [0.05, 0.1) is 0 Å². The summed E-state index contributed by atoms with van der Waals surface area (Å²) in [5.74, 6) is 0. The van der Waals surface area contributed by atoms with Gasteiger partial charge in [0.15, 0.2) is 0 Å². The van der Waals surface area contributed by atoms with Crippen LogP contribution in [0.5, 0.6) is 0 Å². The Bertz CT molecular complexity index is 8.85. The number of halogens is 1. The van der Waals surface area contributed by atoms with Crippen LogP contribution >= 0.6 is 12.4 Å². The van der Waals surface area contributed by atoms with Crippen LogP contribution < -0.4 is 0 Å². The Kier molecular flexibility index (Phi) is 16.0. The Morgan fingerprint density at radius 2 is 1.80 bits per heavy atom. The highest BCUT2D eigenvalue weighted by molar-refractivity contribution is 6.08. The van der Waals surface area contributed by atoms with Crippen LogP contribution in [0, 0.1) is 0 Å². The smallest absolute Gasteiger partial charge is 0.00278 e. The van der Waals surface area contributed by atoms with Gasteiger partial charge >= 0.3 is 0 Å². The zero-order valence-corrected chi connectivity index (χ0v) is 6.64. The molecular weight excluding hydrogens is 99.6 g/mol. The first-order chi connectivity index (χ1) is 1.91. The lowest BCUT2D eigenvalue weighted by molar-refractivity contribution is 1.08. The highest BCUT2D eigenvalue weighted by Crippen LogP contribution is 1.73. The molecule has 0 bridgehead atoms. The second-order valence-electron chi connectivity index (χ2n) is 1.000. The predicted octanol–water partition coefficient (Wildman–Crippen LogP) is 0.602. The summed E-state index contributed by atoms with van der Waals surface area (Å²) < 4.78 is 0. The van der Waals surface area contributed by atoms with Crippen molar-refractivity contribution < 1.29 is 0 Å². The maximum absolute atomic E-state index is 2.22. The topological polar surface area (TPSA) is 0 Å². The first kappa shape index (κ1) is 9.10. The molecule has 0 aliphatic rings. The van der Waals surface area contributed by atoms with Gasteiger partial charge < -0.3 is 0 Å². The van der Waals surface area contributed by atoms with Crippen LogP contribution in [0.4, 0.5) is 0 Å². The Labute approximate surface area is 42.8 Å². The molecule has 5 heavy (non-hydrogen) atoms. The normalized spacial score (nSPS) is 6.60. The molecule has 0 N–H and O–H groups in total. The molecule has 0 saturated carbocycles. The van der Waals surface area contributed by atoms with Gasteiger partial charge in [-0.3, -0.25) is 0 Å². The molecule has 0 rings (SSSR count). The molecule has 0 saturated heterocycles. The molecule has 0 spiro atoms. The van der Waals surface area contributed by atoms with Crippen LogP contribution in [-0.2, 0) is 0 Å². The van der Waals surface area contributed by atoms with Crippen molar-refractivity contribution in [2.75, 3.05) is 0 Å². The van der Waals surface area contributed by atoms with Crippen molar-refractivity contribution in [1.82, 2.24) is 0 Å². The maximum Gasteiger partial charge on any atom is 0.00278 e. The van der Waals surface area contributed by atoms with Gasteiger partial charge in [0.25, 0.3) is 0 Å². The van der Waals surface area contributed by atoms with Gasteiger partial charge in [-0.15, -0.1) is 12.4 Å². The summed E-state index contributed by atoms with van der Waals surface area (Å²) in [7, 11) is 1.39. The van der Waals surface area contributed by atoms with E-state index in [9.17, 15) is 0 Å². The minimum absolute atomic E-state index is 0. The predicted molar refractivity (Wildman–Crippen MR) is 32.3 cm³/mol. The van der Waals surface area contributed by atoms with E-state index in [1.54, 1.807) is 0 Å². The second kappa shape index (κ2) is 8.82. The quantitative estimate of drug-likeness (QED) is 0.434. The van der Waals surface area contributed by atoms with Gasteiger partial charge in [0.1, 0.15) is 0 Å². The van der Waals surface area contributed by atoms with Gasteiger partial charge in [0.2, 0.25) is 0 Å². The fourth-order valence-corrected chi connectivity index (χ4v) is 0. The average molecular weight is 111 g/mol. The van der Waals surface area contributed by atoms with Crippen LogP contribution in [0.1, 0.15) is 13.3 Å². The Balaban J connectivity index is 0. The molecule has 0 radical (unpaired) electrons. The Morgan fingerprint density at radius 3 is 1.80 bits per heavy atom. The molecule has 0 aliphatic heterocycles. The lowest BCUT2D eigenvalue weighted by atomic mass is 10.6. The molecule has 0 amide bonds. The Morgan fingerprint density at radius 1 is 1.60 bits per heavy atom. The molecule has 0 aromatic carbocycles. The molecule has 0 heterocycles. The molecule has 0 nitrogen and oxygen atoms in total. The molecule has 0 aromatic heterocycles. The van der Waals surface area contributed by atoms with E-state index in [0.717, 1.165) is 0 Å². The van der Waals surface area contributed by atoms with Crippen LogP contribution in [-0.4, -0.2) is 10.2 Å². The van der Waals surface area contributed by atoms with Crippen molar-refractivity contribution in [3.8, 4) is 0 Å². The van der Waals surface area contributed by atoms with Crippen molar-refractivity contribution in [2.24, 2.45) is 0 Å². The van der Waals surface area contributed by atoms with E-state index < -0.39 is 0 Å². The van der Waals surface area contributed by atoms with Gasteiger partial charge in [-0.1, -0.05) is 19.4 Å². The highest BCUT2D eigenvalue weighted by Gasteiger charge is 1.57. The van der Waals surface area contributed by atoms with Gasteiger partial charge in [0, 0.05) is 10.2 Å². The number of rotatable bonds is 1. The van der Waals surface area contributed by atoms with Crippen LogP contribution in [0.2, 0.25) is 6.04 Å². The standard InChI is InChI=1S/C3H10Si.ClH/c1-2-3-4;/h2-3H2,1,4H3;1H. The van der Waals surface area contributed by atoms with E-state index in [1.165, 1.54) is 22.7 Å². The monoisotopic (exact) mass is 110 g/mol. The van der Waals surface area contributed by atoms with Crippen molar-refractivity contribution in [3.05, 3.63) is 0 Å². The van der Waals surface area contributed by atoms with Gasteiger partial charge in [-0.2, -0.15) is 0 Å². The van der Waals surface area contributed by atoms with Gasteiger partial charge in [-0.05, 0) is 0 Å². The van der Waals surface area contributed by atoms with Crippen molar-refractivity contribution >= 4 is 22.6 Å². The number of hydrogen-bond acceptors (Lipinski definition) is 0. The minimum atomic E-state index is 0. The summed E-state index contributed by atoms with van der Waals surface area (Å²) in [6.07, 6.45) is 1.38. The summed E-state index contributed by atoms with van der Waals surface area (Å²) in [6.45, 7) is 2.22. The van der Waals surface area contributed by atoms with E-state index in [4.69, 9.17) is 0 Å². The molecule has 0 aliphatic carbocycles. The molecule has 34 valence electrons. The fourth-order valence-electron chi connectivity index (χ4n) is 0. The summed E-state index contributed by atoms with van der Waals surface area (Å²) in [4.78, 5) is 0. The van der Waals surface area contributed by atoms with Crippen LogP contribution in [0.3, 0.4) is 0 Å². The average Bonchev–Trinajstić information content (AvgIpc) is 1.37. The largest absolute Gasteiger partial charge is 0.147 e. The van der Waals surface area contributed by atoms with Gasteiger partial charge in [-0.25, -0.2) is 0 Å². The number of hydrogen-bond donors (Lipinski definition) is 0. The second-order valence-corrected chi connectivity index (χ2v) is 2.00. The van der Waals surface area contributed by atoms with Crippen molar-refractivity contribution in [3.63, 3.8) is 0 Å². The summed E-state index contributed by atoms with van der Waals surface area (Å²) in [5.41, 5.74) is 0. The van der Waals surface area contributed by atoms with Crippen molar-refractivity contribution in [2.45, 2.75) is 19.4 Å². The van der Waals surface area contributed by atoms with Crippen molar-refractivity contribution in [1.29, 1.82) is 0 Å². The molecule has 0 unspecified atom stereocenters. The first-order valence-corrected chi connectivity index (χ1v) is 3.33. The third kappa shape index (κ3) is 12.5. The summed E-state index contributed by atoms with van der Waals surface area (Å²) in [6, 6.07) is 1.46.